The average Bonchev–Trinajstić information content (AvgIpc) is 3.52. The number of allylic oxidation sites excluding steroid dienone is 1. The van der Waals surface area contributed by atoms with E-state index in [4.69, 9.17) is 17.3 Å². The Morgan fingerprint density at radius 2 is 1.85 bits per heavy atom. The van der Waals surface area contributed by atoms with E-state index in [0.29, 0.717) is 26.7 Å². The Bertz CT molecular complexity index is 1530. The van der Waals surface area contributed by atoms with Crippen LogP contribution in [0.3, 0.4) is 0 Å². The number of nitrogens with zero attached hydrogens (tertiary/aromatic N) is 2. The molecular weight excluding hydrogens is 520 g/mol. The molecule has 0 radical (unpaired) electrons. The molecule has 0 aliphatic heterocycles. The SMILES string of the molecule is C[C@H](O)C(N)=NS(=O)(=O)c1ccc(C(O)=C(C(=O)c2ccc(Cl)s2)c2nc3ccccc3[nH]2)s1. The zero-order chi connectivity index (χ0) is 24.6. The number of nitrogens with one attached hydrogen (secondary N) is 1. The first-order chi connectivity index (χ1) is 16.1. The number of H-pyrrole nitrogens is 1. The van der Waals surface area contributed by atoms with Crippen molar-refractivity contribution in [2.45, 2.75) is 17.2 Å². The lowest BCUT2D eigenvalue weighted by molar-refractivity contribution is 0.105. The maximum absolute atomic E-state index is 13.4. The first-order valence-electron chi connectivity index (χ1n) is 9.64. The van der Waals surface area contributed by atoms with Crippen LogP contribution in [0.2, 0.25) is 4.34 Å². The number of amidine groups is 1. The number of ketones is 1. The molecule has 1 aromatic carbocycles. The number of benzene rings is 1. The number of carbonyl (C=O) groups excluding carboxylic acids is 1. The molecule has 0 aliphatic rings. The van der Waals surface area contributed by atoms with Crippen LogP contribution in [-0.4, -0.2) is 46.3 Å². The van der Waals surface area contributed by atoms with Crippen molar-refractivity contribution in [3.63, 3.8) is 0 Å². The molecule has 0 saturated carbocycles. The van der Waals surface area contributed by atoms with Gasteiger partial charge in [-0.1, -0.05) is 23.7 Å². The lowest BCUT2D eigenvalue weighted by atomic mass is 10.1. The Morgan fingerprint density at radius 3 is 2.50 bits per heavy atom. The van der Waals surface area contributed by atoms with Crippen LogP contribution in [0.25, 0.3) is 22.4 Å². The van der Waals surface area contributed by atoms with Crippen molar-refractivity contribution < 1.29 is 23.4 Å². The fourth-order valence-electron chi connectivity index (χ4n) is 2.93. The highest BCUT2D eigenvalue weighted by Gasteiger charge is 2.27. The minimum absolute atomic E-state index is 0.0934. The van der Waals surface area contributed by atoms with Gasteiger partial charge in [-0.05, 0) is 43.3 Å². The number of rotatable bonds is 7. The van der Waals surface area contributed by atoms with Gasteiger partial charge in [0, 0.05) is 0 Å². The maximum Gasteiger partial charge on any atom is 0.293 e. The van der Waals surface area contributed by atoms with Gasteiger partial charge in [0.2, 0.25) is 5.78 Å². The second-order valence-electron chi connectivity index (χ2n) is 7.04. The number of fused-ring (bicyclic) bond motifs is 1. The number of carbonyl (C=O) groups is 1. The van der Waals surface area contributed by atoms with E-state index >= 15 is 0 Å². The standard InChI is InChI=1S/C21H17ClN4O5S3/c1-10(27)20(23)26-34(30,31)16-9-7-14(33-16)19(29)17(18(28)13-6-8-15(22)32-13)21-24-11-4-2-3-5-12(11)25-21/h2-10,27,29H,1H3,(H2,23,26)(H,24,25)/t10-/m0/s1. The van der Waals surface area contributed by atoms with E-state index in [2.05, 4.69) is 14.4 Å². The third kappa shape index (κ3) is 4.76. The van der Waals surface area contributed by atoms with Crippen LogP contribution in [0.4, 0.5) is 0 Å². The van der Waals surface area contributed by atoms with Crippen LogP contribution >= 0.6 is 34.3 Å². The van der Waals surface area contributed by atoms with Gasteiger partial charge in [0.25, 0.3) is 10.0 Å². The Balaban J connectivity index is 1.85. The smallest absolute Gasteiger partial charge is 0.293 e. The van der Waals surface area contributed by atoms with Gasteiger partial charge in [-0.15, -0.1) is 27.1 Å². The lowest BCUT2D eigenvalue weighted by Gasteiger charge is -2.06. The molecule has 1 atom stereocenters. The monoisotopic (exact) mass is 536 g/mol. The van der Waals surface area contributed by atoms with Crippen molar-refractivity contribution in [1.82, 2.24) is 9.97 Å². The van der Waals surface area contributed by atoms with Gasteiger partial charge in [0.1, 0.15) is 33.3 Å². The quantitative estimate of drug-likeness (QED) is 0.0910. The van der Waals surface area contributed by atoms with Crippen LogP contribution < -0.4 is 5.73 Å². The summed E-state index contributed by atoms with van der Waals surface area (Å²) in [5, 5.41) is 20.6. The fourth-order valence-corrected chi connectivity index (χ4v) is 6.17. The van der Waals surface area contributed by atoms with Gasteiger partial charge in [0.15, 0.2) is 0 Å². The third-order valence-electron chi connectivity index (χ3n) is 4.61. The number of hydrogen-bond acceptors (Lipinski definition) is 8. The van der Waals surface area contributed by atoms with E-state index in [0.717, 1.165) is 11.3 Å². The van der Waals surface area contributed by atoms with E-state index in [-0.39, 0.29) is 25.4 Å². The number of para-hydroxylation sites is 2. The van der Waals surface area contributed by atoms with Crippen molar-refractivity contribution in [3.8, 4) is 0 Å². The minimum Gasteiger partial charge on any atom is -0.506 e. The topological polar surface area (TPSA) is 159 Å². The van der Waals surface area contributed by atoms with Crippen molar-refractivity contribution in [3.05, 3.63) is 68.4 Å². The first kappa shape index (κ1) is 24.1. The van der Waals surface area contributed by atoms with Crippen LogP contribution in [0.5, 0.6) is 0 Å². The summed E-state index contributed by atoms with van der Waals surface area (Å²) in [5.41, 5.74) is 6.56. The summed E-state index contributed by atoms with van der Waals surface area (Å²) >= 11 is 7.72. The van der Waals surface area contributed by atoms with Crippen LogP contribution in [0, 0.1) is 0 Å². The van der Waals surface area contributed by atoms with E-state index in [1.165, 1.54) is 25.1 Å². The number of nitrogens with two attached hydrogens (primary N) is 1. The number of aliphatic hydroxyl groups excluding tert-OH is 2. The molecule has 3 aromatic heterocycles. The molecule has 4 rings (SSSR count). The molecule has 0 amide bonds. The summed E-state index contributed by atoms with van der Waals surface area (Å²) in [5.74, 6) is -1.36. The van der Waals surface area contributed by atoms with Crippen LogP contribution in [0.15, 0.2) is 57.1 Å². The fraction of sp³-hybridized carbons (Fsp3) is 0.0952. The Kier molecular flexibility index (Phi) is 6.60. The summed E-state index contributed by atoms with van der Waals surface area (Å²) in [6, 6.07) is 12.8. The predicted octanol–water partition coefficient (Wildman–Crippen LogP) is 4.08. The number of Topliss-reactive ketones (excluding diaryl/α,β-unsaturated/α-hetero) is 1. The number of thiophene rings is 2. The highest BCUT2D eigenvalue weighted by Crippen LogP contribution is 2.35. The predicted molar refractivity (Wildman–Crippen MR) is 134 cm³/mol. The van der Waals surface area contributed by atoms with Crippen molar-refractivity contribution in [1.29, 1.82) is 0 Å². The molecule has 9 nitrogen and oxygen atoms in total. The number of aromatic amines is 1. The minimum atomic E-state index is -4.23. The van der Waals surface area contributed by atoms with E-state index in [1.54, 1.807) is 30.3 Å². The lowest BCUT2D eigenvalue weighted by Crippen LogP contribution is -2.26. The summed E-state index contributed by atoms with van der Waals surface area (Å²) < 4.78 is 28.6. The highest BCUT2D eigenvalue weighted by molar-refractivity contribution is 7.92. The molecule has 176 valence electrons. The molecule has 0 spiro atoms. The van der Waals surface area contributed by atoms with Gasteiger partial charge in [-0.2, -0.15) is 8.42 Å². The molecule has 0 saturated heterocycles. The second-order valence-corrected chi connectivity index (χ2v) is 11.7. The average molecular weight is 537 g/mol. The number of hydrogen-bond donors (Lipinski definition) is 4. The van der Waals surface area contributed by atoms with Crippen molar-refractivity contribution in [2.24, 2.45) is 10.1 Å². The highest BCUT2D eigenvalue weighted by atomic mass is 35.5. The van der Waals surface area contributed by atoms with Gasteiger partial charge >= 0.3 is 0 Å². The molecular formula is C21H17ClN4O5S3. The van der Waals surface area contributed by atoms with Gasteiger partial charge < -0.3 is 20.9 Å². The Morgan fingerprint density at radius 1 is 1.15 bits per heavy atom. The van der Waals surface area contributed by atoms with Gasteiger partial charge in [-0.25, -0.2) is 4.98 Å². The molecule has 0 aliphatic carbocycles. The number of imidazole rings is 1. The molecule has 0 bridgehead atoms. The first-order valence-corrected chi connectivity index (χ1v) is 13.1. The number of sulfonamides is 1. The maximum atomic E-state index is 13.4. The summed E-state index contributed by atoms with van der Waals surface area (Å²) in [4.78, 5) is 21.2. The molecule has 0 unspecified atom stereocenters. The number of aliphatic hydroxyl groups is 2. The number of aromatic nitrogens is 2. The van der Waals surface area contributed by atoms with E-state index in [1.807, 2.05) is 0 Å². The number of halogens is 1. The molecule has 0 fully saturated rings. The molecule has 5 N–H and O–H groups in total. The van der Waals surface area contributed by atoms with Crippen LogP contribution in [0.1, 0.15) is 27.3 Å². The zero-order valence-electron chi connectivity index (χ0n) is 17.4. The van der Waals surface area contributed by atoms with Gasteiger partial charge in [-0.3, -0.25) is 4.79 Å². The largest absolute Gasteiger partial charge is 0.506 e. The molecule has 3 heterocycles. The van der Waals surface area contributed by atoms with Crippen molar-refractivity contribution >= 4 is 78.3 Å². The molecule has 13 heteroatoms. The van der Waals surface area contributed by atoms with Crippen molar-refractivity contribution in [2.75, 3.05) is 0 Å². The summed E-state index contributed by atoms with van der Waals surface area (Å²) in [6.45, 7) is 1.28. The zero-order valence-corrected chi connectivity index (χ0v) is 20.6. The van der Waals surface area contributed by atoms with E-state index < -0.39 is 33.5 Å². The summed E-state index contributed by atoms with van der Waals surface area (Å²) in [6.07, 6.45) is -1.25. The third-order valence-corrected chi connectivity index (χ3v) is 8.70. The molecule has 4 aromatic rings. The molecule has 34 heavy (non-hydrogen) atoms. The van der Waals surface area contributed by atoms with Crippen LogP contribution in [-0.2, 0) is 10.0 Å². The normalized spacial score (nSPS) is 14.3. The summed E-state index contributed by atoms with van der Waals surface area (Å²) in [7, 11) is -4.23. The second kappa shape index (κ2) is 9.31. The Hall–Kier alpha value is -3.03. The Labute approximate surface area is 206 Å². The van der Waals surface area contributed by atoms with Gasteiger partial charge in [0.05, 0.1) is 25.1 Å². The van der Waals surface area contributed by atoms with E-state index in [9.17, 15) is 23.4 Å².